The van der Waals surface area contributed by atoms with E-state index < -0.39 is 0 Å². The zero-order chi connectivity index (χ0) is 10.7. The van der Waals surface area contributed by atoms with Crippen LogP contribution in [0.4, 0.5) is 5.82 Å². The first-order valence-corrected chi connectivity index (χ1v) is 5.00. The molecule has 0 aliphatic heterocycles. The summed E-state index contributed by atoms with van der Waals surface area (Å²) in [5.74, 6) is 0.895. The van der Waals surface area contributed by atoms with Crippen LogP contribution in [-0.2, 0) is 0 Å². The maximum Gasteiger partial charge on any atom is 0.125 e. The van der Waals surface area contributed by atoms with Crippen LogP contribution in [0.25, 0.3) is 11.1 Å². The highest BCUT2D eigenvalue weighted by Crippen LogP contribution is 2.20. The molecular formula is C13H14N2. The van der Waals surface area contributed by atoms with E-state index in [4.69, 9.17) is 0 Å². The quantitative estimate of drug-likeness (QED) is 0.802. The summed E-state index contributed by atoms with van der Waals surface area (Å²) in [7, 11) is 1.87. The number of nitrogens with one attached hydrogen (secondary N) is 1. The van der Waals surface area contributed by atoms with Crippen LogP contribution in [0.2, 0.25) is 0 Å². The SMILES string of the molecule is CNc1ccc(-c2cccc(C)c2)cn1. The molecule has 76 valence electrons. The van der Waals surface area contributed by atoms with Crippen molar-refractivity contribution in [2.75, 3.05) is 12.4 Å². The van der Waals surface area contributed by atoms with Gasteiger partial charge >= 0.3 is 0 Å². The van der Waals surface area contributed by atoms with Crippen LogP contribution < -0.4 is 5.32 Å². The van der Waals surface area contributed by atoms with Crippen molar-refractivity contribution in [3.8, 4) is 11.1 Å². The summed E-state index contributed by atoms with van der Waals surface area (Å²) >= 11 is 0. The second-order valence-corrected chi connectivity index (χ2v) is 3.55. The van der Waals surface area contributed by atoms with E-state index in [1.165, 1.54) is 11.1 Å². The van der Waals surface area contributed by atoms with Gasteiger partial charge in [0.15, 0.2) is 0 Å². The van der Waals surface area contributed by atoms with Gasteiger partial charge in [-0.1, -0.05) is 29.8 Å². The van der Waals surface area contributed by atoms with E-state index in [2.05, 4.69) is 47.6 Å². The number of benzene rings is 1. The molecule has 0 aliphatic rings. The molecule has 0 saturated carbocycles. The predicted molar refractivity (Wildman–Crippen MR) is 64.0 cm³/mol. The monoisotopic (exact) mass is 198 g/mol. The second-order valence-electron chi connectivity index (χ2n) is 3.55. The first-order valence-electron chi connectivity index (χ1n) is 5.00. The van der Waals surface area contributed by atoms with Crippen LogP contribution in [0.1, 0.15) is 5.56 Å². The number of nitrogens with zero attached hydrogens (tertiary/aromatic N) is 1. The Morgan fingerprint density at radius 3 is 2.53 bits per heavy atom. The Balaban J connectivity index is 2.37. The van der Waals surface area contributed by atoms with Crippen molar-refractivity contribution in [1.82, 2.24) is 4.98 Å². The topological polar surface area (TPSA) is 24.9 Å². The molecule has 2 rings (SSSR count). The highest BCUT2D eigenvalue weighted by Gasteiger charge is 1.98. The third kappa shape index (κ3) is 2.15. The van der Waals surface area contributed by atoms with E-state index in [0.717, 1.165) is 11.4 Å². The minimum absolute atomic E-state index is 0.895. The second kappa shape index (κ2) is 4.13. The highest BCUT2D eigenvalue weighted by molar-refractivity contribution is 5.64. The molecule has 2 nitrogen and oxygen atoms in total. The van der Waals surface area contributed by atoms with Crippen molar-refractivity contribution in [3.05, 3.63) is 48.2 Å². The molecule has 0 amide bonds. The molecule has 0 atom stereocenters. The predicted octanol–water partition coefficient (Wildman–Crippen LogP) is 3.10. The van der Waals surface area contributed by atoms with Crippen LogP contribution in [0.3, 0.4) is 0 Å². The van der Waals surface area contributed by atoms with Gasteiger partial charge in [-0.25, -0.2) is 4.98 Å². The van der Waals surface area contributed by atoms with Gasteiger partial charge in [-0.2, -0.15) is 0 Å². The van der Waals surface area contributed by atoms with Gasteiger partial charge in [0.1, 0.15) is 5.82 Å². The molecule has 0 aliphatic carbocycles. The Morgan fingerprint density at radius 2 is 1.93 bits per heavy atom. The Bertz CT molecular complexity index is 446. The standard InChI is InChI=1S/C13H14N2/c1-10-4-3-5-11(8-10)12-6-7-13(14-2)15-9-12/h3-9H,1-2H3,(H,14,15). The Hall–Kier alpha value is -1.83. The molecule has 1 N–H and O–H groups in total. The Morgan fingerprint density at radius 1 is 1.07 bits per heavy atom. The van der Waals surface area contributed by atoms with E-state index >= 15 is 0 Å². The Labute approximate surface area is 90.0 Å². The van der Waals surface area contributed by atoms with Gasteiger partial charge < -0.3 is 5.32 Å². The number of aromatic nitrogens is 1. The molecule has 0 bridgehead atoms. The number of pyridine rings is 1. The van der Waals surface area contributed by atoms with Crippen molar-refractivity contribution < 1.29 is 0 Å². The summed E-state index contributed by atoms with van der Waals surface area (Å²) in [5, 5.41) is 3.01. The third-order valence-corrected chi connectivity index (χ3v) is 2.37. The average molecular weight is 198 g/mol. The van der Waals surface area contributed by atoms with E-state index in [1.807, 2.05) is 19.3 Å². The molecule has 0 radical (unpaired) electrons. The van der Waals surface area contributed by atoms with Gasteiger partial charge in [0.25, 0.3) is 0 Å². The first-order chi connectivity index (χ1) is 7.29. The molecule has 1 heterocycles. The van der Waals surface area contributed by atoms with E-state index in [1.54, 1.807) is 0 Å². The summed E-state index contributed by atoms with van der Waals surface area (Å²) in [5.41, 5.74) is 3.63. The van der Waals surface area contributed by atoms with Crippen LogP contribution >= 0.6 is 0 Å². The van der Waals surface area contributed by atoms with Gasteiger partial charge in [-0.05, 0) is 24.6 Å². The number of aryl methyl sites for hydroxylation is 1. The van der Waals surface area contributed by atoms with Gasteiger partial charge in [-0.3, -0.25) is 0 Å². The van der Waals surface area contributed by atoms with E-state index in [-0.39, 0.29) is 0 Å². The lowest BCUT2D eigenvalue weighted by atomic mass is 10.1. The minimum atomic E-state index is 0.895. The zero-order valence-electron chi connectivity index (χ0n) is 8.99. The number of rotatable bonds is 2. The molecular weight excluding hydrogens is 184 g/mol. The largest absolute Gasteiger partial charge is 0.373 e. The molecule has 1 aromatic heterocycles. The number of anilines is 1. The van der Waals surface area contributed by atoms with Crippen LogP contribution in [0.5, 0.6) is 0 Å². The number of hydrogen-bond donors (Lipinski definition) is 1. The smallest absolute Gasteiger partial charge is 0.125 e. The summed E-state index contributed by atoms with van der Waals surface area (Å²) in [6.45, 7) is 2.10. The lowest BCUT2D eigenvalue weighted by Crippen LogP contribution is -1.91. The summed E-state index contributed by atoms with van der Waals surface area (Å²) in [6.07, 6.45) is 1.89. The summed E-state index contributed by atoms with van der Waals surface area (Å²) in [6, 6.07) is 12.5. The fourth-order valence-corrected chi connectivity index (χ4v) is 1.54. The average Bonchev–Trinajstić information content (AvgIpc) is 2.29. The molecule has 2 heteroatoms. The zero-order valence-corrected chi connectivity index (χ0v) is 8.99. The molecule has 0 fully saturated rings. The molecule has 0 saturated heterocycles. The van der Waals surface area contributed by atoms with Crippen LogP contribution in [0, 0.1) is 6.92 Å². The molecule has 0 spiro atoms. The summed E-state index contributed by atoms with van der Waals surface area (Å²) < 4.78 is 0. The molecule has 1 aromatic carbocycles. The van der Waals surface area contributed by atoms with Gasteiger partial charge in [0, 0.05) is 18.8 Å². The van der Waals surface area contributed by atoms with Crippen molar-refractivity contribution in [3.63, 3.8) is 0 Å². The fraction of sp³-hybridized carbons (Fsp3) is 0.154. The third-order valence-electron chi connectivity index (χ3n) is 2.37. The highest BCUT2D eigenvalue weighted by atomic mass is 14.9. The van der Waals surface area contributed by atoms with Gasteiger partial charge in [-0.15, -0.1) is 0 Å². The molecule has 0 unspecified atom stereocenters. The lowest BCUT2D eigenvalue weighted by molar-refractivity contribution is 1.29. The number of hydrogen-bond acceptors (Lipinski definition) is 2. The first kappa shape index (κ1) is 9.71. The maximum atomic E-state index is 4.29. The maximum absolute atomic E-state index is 4.29. The van der Waals surface area contributed by atoms with Gasteiger partial charge in [0.05, 0.1) is 0 Å². The lowest BCUT2D eigenvalue weighted by Gasteiger charge is -2.03. The van der Waals surface area contributed by atoms with E-state index in [9.17, 15) is 0 Å². The van der Waals surface area contributed by atoms with Crippen molar-refractivity contribution in [2.45, 2.75) is 6.92 Å². The van der Waals surface area contributed by atoms with Crippen LogP contribution in [0.15, 0.2) is 42.6 Å². The molecule has 2 aromatic rings. The van der Waals surface area contributed by atoms with Crippen molar-refractivity contribution in [1.29, 1.82) is 0 Å². The Kier molecular flexibility index (Phi) is 2.68. The minimum Gasteiger partial charge on any atom is -0.373 e. The van der Waals surface area contributed by atoms with Crippen molar-refractivity contribution in [2.24, 2.45) is 0 Å². The summed E-state index contributed by atoms with van der Waals surface area (Å²) in [4.78, 5) is 4.29. The van der Waals surface area contributed by atoms with E-state index in [0.29, 0.717) is 0 Å². The normalized spacial score (nSPS) is 10.0. The van der Waals surface area contributed by atoms with Crippen molar-refractivity contribution >= 4 is 5.82 Å². The van der Waals surface area contributed by atoms with Crippen LogP contribution in [-0.4, -0.2) is 12.0 Å². The van der Waals surface area contributed by atoms with Gasteiger partial charge in [0.2, 0.25) is 0 Å². The molecule has 15 heavy (non-hydrogen) atoms. The fourth-order valence-electron chi connectivity index (χ4n) is 1.54.